The molecule has 0 amide bonds. The molecular formula is C14H18ClN5O. The Labute approximate surface area is 128 Å². The Morgan fingerprint density at radius 3 is 3.14 bits per heavy atom. The van der Waals surface area contributed by atoms with E-state index in [9.17, 15) is 0 Å². The van der Waals surface area contributed by atoms with Gasteiger partial charge in [0.05, 0.1) is 13.1 Å². The molecule has 1 unspecified atom stereocenters. The van der Waals surface area contributed by atoms with Crippen LogP contribution in [0, 0.1) is 0 Å². The van der Waals surface area contributed by atoms with Crippen LogP contribution in [0.1, 0.15) is 23.3 Å². The van der Waals surface area contributed by atoms with Crippen LogP contribution in [0.2, 0.25) is 5.02 Å². The highest BCUT2D eigenvalue weighted by Crippen LogP contribution is 2.25. The lowest BCUT2D eigenvalue weighted by atomic mass is 10.0. The summed E-state index contributed by atoms with van der Waals surface area (Å²) in [6.07, 6.45) is 0. The molecule has 1 aliphatic rings. The smallest absolute Gasteiger partial charge is 0.240 e. The number of benzene rings is 1. The maximum atomic E-state index is 6.10. The summed E-state index contributed by atoms with van der Waals surface area (Å²) in [5.74, 6) is 1.14. The van der Waals surface area contributed by atoms with Crippen molar-refractivity contribution in [3.05, 3.63) is 46.6 Å². The molecule has 1 aromatic heterocycles. The van der Waals surface area contributed by atoms with Crippen LogP contribution >= 0.6 is 11.6 Å². The van der Waals surface area contributed by atoms with Crippen LogP contribution in [-0.4, -0.2) is 34.7 Å². The van der Waals surface area contributed by atoms with E-state index < -0.39 is 0 Å². The topological polar surface area (TPSA) is 80.2 Å². The fourth-order valence-corrected chi connectivity index (χ4v) is 2.80. The van der Waals surface area contributed by atoms with Crippen molar-refractivity contribution in [1.82, 2.24) is 20.4 Å². The van der Waals surface area contributed by atoms with Gasteiger partial charge in [-0.3, -0.25) is 4.90 Å². The lowest BCUT2D eigenvalue weighted by Crippen LogP contribution is -2.45. The van der Waals surface area contributed by atoms with Crippen LogP contribution in [0.4, 0.5) is 0 Å². The van der Waals surface area contributed by atoms with E-state index in [0.717, 1.165) is 24.7 Å². The number of nitrogens with two attached hydrogens (primary N) is 1. The minimum absolute atomic E-state index is 0.247. The summed E-state index contributed by atoms with van der Waals surface area (Å²) in [6, 6.07) is 8.22. The van der Waals surface area contributed by atoms with E-state index in [2.05, 4.69) is 26.4 Å². The van der Waals surface area contributed by atoms with E-state index in [0.29, 0.717) is 18.3 Å². The van der Waals surface area contributed by atoms with Crippen molar-refractivity contribution in [3.8, 4) is 0 Å². The fourth-order valence-electron chi connectivity index (χ4n) is 2.60. The number of halogens is 1. The molecule has 6 nitrogen and oxygen atoms in total. The highest BCUT2D eigenvalue weighted by atomic mass is 35.5. The van der Waals surface area contributed by atoms with Crippen molar-refractivity contribution in [2.75, 3.05) is 19.6 Å². The zero-order valence-electron chi connectivity index (χ0n) is 11.6. The van der Waals surface area contributed by atoms with Gasteiger partial charge in [-0.1, -0.05) is 28.9 Å². The number of hydrogen-bond acceptors (Lipinski definition) is 6. The number of hydrogen-bond donors (Lipinski definition) is 2. The molecule has 0 saturated carbocycles. The minimum atomic E-state index is 0.247. The summed E-state index contributed by atoms with van der Waals surface area (Å²) in [5, 5.41) is 8.14. The molecule has 0 spiro atoms. The number of nitrogens with one attached hydrogen (secondary N) is 1. The van der Waals surface area contributed by atoms with Crippen molar-refractivity contribution in [2.24, 2.45) is 5.73 Å². The van der Waals surface area contributed by atoms with Crippen LogP contribution in [-0.2, 0) is 13.1 Å². The van der Waals surface area contributed by atoms with Crippen molar-refractivity contribution in [1.29, 1.82) is 0 Å². The van der Waals surface area contributed by atoms with E-state index in [1.807, 2.05) is 18.2 Å². The third kappa shape index (κ3) is 3.41. The molecule has 1 atom stereocenters. The maximum Gasteiger partial charge on any atom is 0.240 e. The van der Waals surface area contributed by atoms with Gasteiger partial charge < -0.3 is 15.6 Å². The monoisotopic (exact) mass is 307 g/mol. The largest absolute Gasteiger partial charge is 0.338 e. The molecule has 2 aromatic rings. The first-order valence-electron chi connectivity index (χ1n) is 6.98. The second kappa shape index (κ2) is 6.53. The molecule has 1 aliphatic heterocycles. The van der Waals surface area contributed by atoms with E-state index in [1.165, 1.54) is 5.56 Å². The molecule has 1 saturated heterocycles. The molecule has 0 aliphatic carbocycles. The average molecular weight is 308 g/mol. The summed E-state index contributed by atoms with van der Waals surface area (Å²) in [6.45, 7) is 3.65. The van der Waals surface area contributed by atoms with Gasteiger partial charge in [-0.2, -0.15) is 4.98 Å². The first-order valence-corrected chi connectivity index (χ1v) is 7.36. The maximum absolute atomic E-state index is 6.10. The van der Waals surface area contributed by atoms with E-state index in [1.54, 1.807) is 0 Å². The zero-order valence-corrected chi connectivity index (χ0v) is 12.4. The van der Waals surface area contributed by atoms with Crippen LogP contribution in [0.5, 0.6) is 0 Å². The normalized spacial score (nSPS) is 19.8. The van der Waals surface area contributed by atoms with Gasteiger partial charge in [0, 0.05) is 30.7 Å². The lowest BCUT2D eigenvalue weighted by molar-refractivity contribution is 0.148. The average Bonchev–Trinajstić information content (AvgIpc) is 2.95. The van der Waals surface area contributed by atoms with Gasteiger partial charge in [0.2, 0.25) is 5.89 Å². The van der Waals surface area contributed by atoms with Gasteiger partial charge in [-0.25, -0.2) is 0 Å². The first kappa shape index (κ1) is 14.5. The quantitative estimate of drug-likeness (QED) is 0.887. The molecule has 112 valence electrons. The summed E-state index contributed by atoms with van der Waals surface area (Å²) >= 11 is 6.10. The van der Waals surface area contributed by atoms with Crippen molar-refractivity contribution in [2.45, 2.75) is 19.1 Å². The standard InChI is InChI=1S/C14H18ClN5O/c15-11-3-1-2-10(6-11)12-8-17-4-5-20(12)9-13-18-14(7-16)21-19-13/h1-3,6,12,17H,4-5,7-9,16H2. The Balaban J connectivity index is 1.78. The van der Waals surface area contributed by atoms with Gasteiger partial charge in [0.15, 0.2) is 5.82 Å². The molecule has 21 heavy (non-hydrogen) atoms. The van der Waals surface area contributed by atoms with Gasteiger partial charge in [0.25, 0.3) is 0 Å². The minimum Gasteiger partial charge on any atom is -0.338 e. The number of piperazine rings is 1. The van der Waals surface area contributed by atoms with Gasteiger partial charge >= 0.3 is 0 Å². The van der Waals surface area contributed by atoms with Gasteiger partial charge in [-0.15, -0.1) is 0 Å². The summed E-state index contributed by atoms with van der Waals surface area (Å²) in [7, 11) is 0. The molecule has 2 heterocycles. The molecule has 3 rings (SSSR count). The Hall–Kier alpha value is -1.47. The molecule has 1 fully saturated rings. The SMILES string of the molecule is NCc1nc(CN2CCNCC2c2cccc(Cl)c2)no1. The predicted molar refractivity (Wildman–Crippen MR) is 79.7 cm³/mol. The highest BCUT2D eigenvalue weighted by molar-refractivity contribution is 6.30. The molecule has 7 heteroatoms. The van der Waals surface area contributed by atoms with Crippen LogP contribution in [0.15, 0.2) is 28.8 Å². The lowest BCUT2D eigenvalue weighted by Gasteiger charge is -2.35. The predicted octanol–water partition coefficient (Wildman–Crippen LogP) is 1.33. The van der Waals surface area contributed by atoms with Crippen LogP contribution < -0.4 is 11.1 Å². The van der Waals surface area contributed by atoms with Gasteiger partial charge in [0.1, 0.15) is 0 Å². The number of rotatable bonds is 4. The Morgan fingerprint density at radius 1 is 1.48 bits per heavy atom. The fraction of sp³-hybridized carbons (Fsp3) is 0.429. The third-order valence-electron chi connectivity index (χ3n) is 3.62. The zero-order chi connectivity index (χ0) is 14.7. The molecule has 3 N–H and O–H groups in total. The highest BCUT2D eigenvalue weighted by Gasteiger charge is 2.25. The van der Waals surface area contributed by atoms with E-state index in [-0.39, 0.29) is 12.6 Å². The summed E-state index contributed by atoms with van der Waals surface area (Å²) in [4.78, 5) is 6.60. The summed E-state index contributed by atoms with van der Waals surface area (Å²) in [5.41, 5.74) is 6.69. The number of aromatic nitrogens is 2. The Bertz CT molecular complexity index is 603. The molecule has 1 aromatic carbocycles. The van der Waals surface area contributed by atoms with Crippen LogP contribution in [0.3, 0.4) is 0 Å². The van der Waals surface area contributed by atoms with Crippen molar-refractivity contribution in [3.63, 3.8) is 0 Å². The third-order valence-corrected chi connectivity index (χ3v) is 3.85. The second-order valence-corrected chi connectivity index (χ2v) is 5.49. The van der Waals surface area contributed by atoms with Crippen LogP contribution in [0.25, 0.3) is 0 Å². The number of nitrogens with zero attached hydrogens (tertiary/aromatic N) is 3. The van der Waals surface area contributed by atoms with E-state index >= 15 is 0 Å². The van der Waals surface area contributed by atoms with E-state index in [4.69, 9.17) is 21.9 Å². The second-order valence-electron chi connectivity index (χ2n) is 5.05. The van der Waals surface area contributed by atoms with Gasteiger partial charge in [-0.05, 0) is 17.7 Å². The van der Waals surface area contributed by atoms with Crippen molar-refractivity contribution < 1.29 is 4.52 Å². The molecule has 0 radical (unpaired) electrons. The van der Waals surface area contributed by atoms with Crippen molar-refractivity contribution >= 4 is 11.6 Å². The Kier molecular flexibility index (Phi) is 4.50. The Morgan fingerprint density at radius 2 is 2.38 bits per heavy atom. The first-order chi connectivity index (χ1) is 10.3. The molecule has 0 bridgehead atoms. The summed E-state index contributed by atoms with van der Waals surface area (Å²) < 4.78 is 5.07. The molecular weight excluding hydrogens is 290 g/mol.